The van der Waals surface area contributed by atoms with Crippen molar-refractivity contribution < 1.29 is 23.8 Å². The van der Waals surface area contributed by atoms with Gasteiger partial charge in [0.05, 0.1) is 13.2 Å². The average molecular weight is 805 g/mol. The number of hydrogen-bond acceptors (Lipinski definition) is 5. The predicted octanol–water partition coefficient (Wildman–Crippen LogP) is 15.9. The zero-order chi connectivity index (χ0) is 42.1. The van der Waals surface area contributed by atoms with Crippen LogP contribution in [0.5, 0.6) is 0 Å². The molecule has 0 rings (SSSR count). The van der Waals surface area contributed by atoms with Gasteiger partial charge in [-0.05, 0) is 89.9 Å². The molecule has 5 heteroatoms. The second-order valence-corrected chi connectivity index (χ2v) is 15.3. The highest BCUT2D eigenvalue weighted by Gasteiger charge is 2.17. The topological polar surface area (TPSA) is 61.8 Å². The Kier molecular flexibility index (Phi) is 45.5. The highest BCUT2D eigenvalue weighted by Crippen LogP contribution is 2.12. The maximum Gasteiger partial charge on any atom is 0.306 e. The Bertz CT molecular complexity index is 1140. The van der Waals surface area contributed by atoms with E-state index in [1.807, 2.05) is 0 Å². The van der Waals surface area contributed by atoms with Gasteiger partial charge in [-0.15, -0.1) is 0 Å². The van der Waals surface area contributed by atoms with Crippen molar-refractivity contribution in [3.63, 3.8) is 0 Å². The molecule has 0 aromatic rings. The number of carbonyl (C=O) groups excluding carboxylic acids is 2. The van der Waals surface area contributed by atoms with Gasteiger partial charge < -0.3 is 14.2 Å². The second-order valence-electron chi connectivity index (χ2n) is 15.3. The average Bonchev–Trinajstić information content (AvgIpc) is 3.22. The first-order chi connectivity index (χ1) is 28.6. The molecule has 0 aromatic heterocycles. The highest BCUT2D eigenvalue weighted by atomic mass is 16.6. The monoisotopic (exact) mass is 805 g/mol. The summed E-state index contributed by atoms with van der Waals surface area (Å²) in [6.07, 6.45) is 64.4. The minimum atomic E-state index is -0.582. The molecule has 0 aliphatic carbocycles. The van der Waals surface area contributed by atoms with Gasteiger partial charge in [-0.2, -0.15) is 0 Å². The Hall–Kier alpha value is -3.18. The molecule has 0 fully saturated rings. The lowest BCUT2D eigenvalue weighted by Gasteiger charge is -2.18. The van der Waals surface area contributed by atoms with E-state index in [1.54, 1.807) is 0 Å². The van der Waals surface area contributed by atoms with Crippen LogP contribution in [0.1, 0.15) is 201 Å². The standard InChI is InChI=1S/C53H88O5/c1-4-7-10-13-16-18-20-22-24-26-27-28-29-31-33-35-38-40-43-46-52(54)57-50-51(58-53(55)47-44-41-37-15-12-9-6-3)49-56-48-45-42-39-36-34-32-30-25-23-21-19-17-14-11-8-5-2/h8,11,16-19,22-25,27-28,32,34,39,42,51H,4-7,9-10,12-15,20-21,26,29-31,33,35-38,40-41,43-50H2,1-3H3/b11-8-,18-16-,19-17-,24-22-,25-23-,28-27-,34-32-,42-39-. The summed E-state index contributed by atoms with van der Waals surface area (Å²) in [5.74, 6) is -0.464. The summed E-state index contributed by atoms with van der Waals surface area (Å²) in [5, 5.41) is 0. The van der Waals surface area contributed by atoms with E-state index in [9.17, 15) is 9.59 Å². The van der Waals surface area contributed by atoms with Crippen molar-refractivity contribution in [3.05, 3.63) is 97.2 Å². The fourth-order valence-corrected chi connectivity index (χ4v) is 6.11. The molecule has 1 unspecified atom stereocenters. The normalized spacial score (nSPS) is 13.1. The van der Waals surface area contributed by atoms with Crippen LogP contribution in [0.3, 0.4) is 0 Å². The van der Waals surface area contributed by atoms with Gasteiger partial charge in [0.1, 0.15) is 6.61 Å². The minimum Gasteiger partial charge on any atom is -0.462 e. The van der Waals surface area contributed by atoms with Crippen LogP contribution < -0.4 is 0 Å². The van der Waals surface area contributed by atoms with Gasteiger partial charge in [-0.3, -0.25) is 9.59 Å². The molecule has 0 bridgehead atoms. The number of carbonyl (C=O) groups is 2. The molecule has 1 atom stereocenters. The number of allylic oxidation sites excluding steroid dienone is 15. The summed E-state index contributed by atoms with van der Waals surface area (Å²) in [4.78, 5) is 25.2. The van der Waals surface area contributed by atoms with Crippen LogP contribution in [-0.4, -0.2) is 37.9 Å². The largest absolute Gasteiger partial charge is 0.462 e. The molecule has 0 N–H and O–H groups in total. The number of esters is 2. The molecule has 0 heterocycles. The van der Waals surface area contributed by atoms with Gasteiger partial charge in [0.25, 0.3) is 0 Å². The van der Waals surface area contributed by atoms with Crippen LogP contribution in [0.2, 0.25) is 0 Å². The minimum absolute atomic E-state index is 0.0444. The molecule has 0 aliphatic rings. The van der Waals surface area contributed by atoms with Crippen molar-refractivity contribution in [1.82, 2.24) is 0 Å². The van der Waals surface area contributed by atoms with Gasteiger partial charge in [0, 0.05) is 12.8 Å². The Labute approximate surface area is 358 Å². The molecule has 330 valence electrons. The van der Waals surface area contributed by atoms with Crippen LogP contribution in [0, 0.1) is 0 Å². The fourth-order valence-electron chi connectivity index (χ4n) is 6.11. The van der Waals surface area contributed by atoms with Crippen LogP contribution in [0.15, 0.2) is 97.2 Å². The van der Waals surface area contributed by atoms with Gasteiger partial charge in [0.2, 0.25) is 0 Å². The lowest BCUT2D eigenvalue weighted by atomic mass is 10.1. The Morgan fingerprint density at radius 1 is 0.397 bits per heavy atom. The van der Waals surface area contributed by atoms with Crippen LogP contribution in [0.4, 0.5) is 0 Å². The number of hydrogen-bond donors (Lipinski definition) is 0. The molecular weight excluding hydrogens is 717 g/mol. The van der Waals surface area contributed by atoms with E-state index in [2.05, 4.69) is 118 Å². The van der Waals surface area contributed by atoms with Crippen molar-refractivity contribution in [3.8, 4) is 0 Å². The first-order valence-electron chi connectivity index (χ1n) is 23.8. The van der Waals surface area contributed by atoms with E-state index in [0.29, 0.717) is 19.4 Å². The third-order valence-electron chi connectivity index (χ3n) is 9.62. The molecule has 58 heavy (non-hydrogen) atoms. The maximum atomic E-state index is 12.6. The quantitative estimate of drug-likeness (QED) is 0.0349. The lowest BCUT2D eigenvalue weighted by molar-refractivity contribution is -0.162. The van der Waals surface area contributed by atoms with Crippen LogP contribution >= 0.6 is 0 Å². The van der Waals surface area contributed by atoms with E-state index < -0.39 is 6.10 Å². The smallest absolute Gasteiger partial charge is 0.306 e. The molecule has 0 saturated heterocycles. The summed E-state index contributed by atoms with van der Waals surface area (Å²) < 4.78 is 17.2. The summed E-state index contributed by atoms with van der Waals surface area (Å²) in [6, 6.07) is 0. The first-order valence-corrected chi connectivity index (χ1v) is 23.8. The summed E-state index contributed by atoms with van der Waals surface area (Å²) in [7, 11) is 0. The number of unbranched alkanes of at least 4 members (excludes halogenated alkanes) is 15. The van der Waals surface area contributed by atoms with E-state index in [1.165, 1.54) is 70.6 Å². The maximum absolute atomic E-state index is 12.6. The van der Waals surface area contributed by atoms with Crippen molar-refractivity contribution in [2.45, 2.75) is 207 Å². The summed E-state index contributed by atoms with van der Waals surface area (Å²) >= 11 is 0. The summed E-state index contributed by atoms with van der Waals surface area (Å²) in [5.41, 5.74) is 0. The molecule has 0 amide bonds. The van der Waals surface area contributed by atoms with Crippen molar-refractivity contribution >= 4 is 11.9 Å². The molecule has 0 radical (unpaired) electrons. The van der Waals surface area contributed by atoms with Gasteiger partial charge >= 0.3 is 11.9 Å². The second kappa shape index (κ2) is 48.2. The SMILES string of the molecule is CC/C=C\C/C=C\C/C=C\C/C=C\C/C=C\CCOCC(COC(=O)CCCCCCCC/C=C\C/C=C\C/C=C\CCCCC)OC(=O)CCCCCCCCC. The van der Waals surface area contributed by atoms with Gasteiger partial charge in [-0.1, -0.05) is 195 Å². The molecule has 0 saturated carbocycles. The molecule has 5 nitrogen and oxygen atoms in total. The number of rotatable bonds is 42. The number of ether oxygens (including phenoxy) is 3. The Balaban J connectivity index is 4.28. The Morgan fingerprint density at radius 2 is 0.776 bits per heavy atom. The van der Waals surface area contributed by atoms with Gasteiger partial charge in [-0.25, -0.2) is 0 Å². The molecule has 0 spiro atoms. The highest BCUT2D eigenvalue weighted by molar-refractivity contribution is 5.70. The Morgan fingerprint density at radius 3 is 1.28 bits per heavy atom. The zero-order valence-electron chi connectivity index (χ0n) is 37.8. The van der Waals surface area contributed by atoms with Gasteiger partial charge in [0.15, 0.2) is 6.10 Å². The molecular formula is C53H88O5. The van der Waals surface area contributed by atoms with Crippen molar-refractivity contribution in [1.29, 1.82) is 0 Å². The van der Waals surface area contributed by atoms with Crippen LogP contribution in [0.25, 0.3) is 0 Å². The molecule has 0 aliphatic heterocycles. The third kappa shape index (κ3) is 45.5. The van der Waals surface area contributed by atoms with Crippen LogP contribution in [-0.2, 0) is 23.8 Å². The first kappa shape index (κ1) is 54.8. The van der Waals surface area contributed by atoms with E-state index in [-0.39, 0.29) is 25.2 Å². The lowest BCUT2D eigenvalue weighted by Crippen LogP contribution is -2.30. The van der Waals surface area contributed by atoms with E-state index in [0.717, 1.165) is 96.3 Å². The van der Waals surface area contributed by atoms with E-state index >= 15 is 0 Å². The van der Waals surface area contributed by atoms with Crippen molar-refractivity contribution in [2.24, 2.45) is 0 Å². The molecule has 0 aromatic carbocycles. The van der Waals surface area contributed by atoms with E-state index in [4.69, 9.17) is 14.2 Å². The predicted molar refractivity (Wildman–Crippen MR) is 251 cm³/mol. The zero-order valence-corrected chi connectivity index (χ0v) is 37.8. The van der Waals surface area contributed by atoms with Crippen molar-refractivity contribution in [2.75, 3.05) is 19.8 Å². The fraction of sp³-hybridized carbons (Fsp3) is 0.660. The third-order valence-corrected chi connectivity index (χ3v) is 9.62. The summed E-state index contributed by atoms with van der Waals surface area (Å²) in [6.45, 7) is 7.41.